The van der Waals surface area contributed by atoms with E-state index in [0.29, 0.717) is 5.56 Å². The van der Waals surface area contributed by atoms with Crippen LogP contribution in [0.1, 0.15) is 27.0 Å². The number of piperazine rings is 1. The molecule has 2 aromatic carbocycles. The molecule has 0 aromatic heterocycles. The highest BCUT2D eigenvalue weighted by molar-refractivity contribution is 6.06. The molecule has 3 rings (SSSR count). The number of amides is 1. The van der Waals surface area contributed by atoms with E-state index in [1.54, 1.807) is 23.7 Å². The molecule has 1 fully saturated rings. The molecule has 0 radical (unpaired) electrons. The SMILES string of the molecule is O=C(C=Cc1cccc(C=CC(=O)c2cccc(CN3CCNCC3)c2)c1)NO. The first-order chi connectivity index (χ1) is 14.1. The lowest BCUT2D eigenvalue weighted by molar-refractivity contribution is -0.124. The van der Waals surface area contributed by atoms with Crippen molar-refractivity contribution in [1.29, 1.82) is 0 Å². The number of allylic oxidation sites excluding steroid dienone is 1. The van der Waals surface area contributed by atoms with Gasteiger partial charge < -0.3 is 5.32 Å². The number of hydrogen-bond donors (Lipinski definition) is 3. The Bertz CT molecular complexity index is 915. The van der Waals surface area contributed by atoms with Crippen LogP contribution in [0.15, 0.2) is 60.7 Å². The van der Waals surface area contributed by atoms with Crippen LogP contribution < -0.4 is 10.8 Å². The van der Waals surface area contributed by atoms with Gasteiger partial charge in [-0.15, -0.1) is 0 Å². The van der Waals surface area contributed by atoms with Crippen LogP contribution >= 0.6 is 0 Å². The van der Waals surface area contributed by atoms with Gasteiger partial charge in [0.05, 0.1) is 0 Å². The zero-order chi connectivity index (χ0) is 20.5. The highest BCUT2D eigenvalue weighted by atomic mass is 16.5. The number of carbonyl (C=O) groups is 2. The Kier molecular flexibility index (Phi) is 7.47. The average molecular weight is 391 g/mol. The van der Waals surface area contributed by atoms with Crippen molar-refractivity contribution in [2.45, 2.75) is 6.54 Å². The van der Waals surface area contributed by atoms with Gasteiger partial charge in [0.2, 0.25) is 0 Å². The van der Waals surface area contributed by atoms with E-state index in [1.165, 1.54) is 6.08 Å². The third-order valence-electron chi connectivity index (χ3n) is 4.70. The van der Waals surface area contributed by atoms with Gasteiger partial charge in [-0.2, -0.15) is 0 Å². The Hall–Kier alpha value is -3.06. The minimum Gasteiger partial charge on any atom is -0.314 e. The molecule has 0 saturated carbocycles. The highest BCUT2D eigenvalue weighted by Crippen LogP contribution is 2.13. The van der Waals surface area contributed by atoms with Gasteiger partial charge in [0.15, 0.2) is 5.78 Å². The van der Waals surface area contributed by atoms with E-state index in [-0.39, 0.29) is 5.78 Å². The van der Waals surface area contributed by atoms with Gasteiger partial charge in [0.1, 0.15) is 0 Å². The molecule has 1 amide bonds. The van der Waals surface area contributed by atoms with E-state index >= 15 is 0 Å². The van der Waals surface area contributed by atoms with Crippen LogP contribution in [0, 0.1) is 0 Å². The van der Waals surface area contributed by atoms with Gasteiger partial charge in [-0.1, -0.05) is 42.5 Å². The van der Waals surface area contributed by atoms with E-state index in [0.717, 1.165) is 49.4 Å². The van der Waals surface area contributed by atoms with Gasteiger partial charge in [0.25, 0.3) is 5.91 Å². The van der Waals surface area contributed by atoms with Crippen molar-refractivity contribution in [2.75, 3.05) is 26.2 Å². The summed E-state index contributed by atoms with van der Waals surface area (Å²) in [7, 11) is 0. The lowest BCUT2D eigenvalue weighted by Gasteiger charge is -2.27. The van der Waals surface area contributed by atoms with Crippen LogP contribution in [0.25, 0.3) is 12.2 Å². The number of rotatable bonds is 7. The van der Waals surface area contributed by atoms with Crippen molar-refractivity contribution in [2.24, 2.45) is 0 Å². The van der Waals surface area contributed by atoms with Crippen molar-refractivity contribution >= 4 is 23.8 Å². The van der Waals surface area contributed by atoms with Crippen molar-refractivity contribution < 1.29 is 14.8 Å². The summed E-state index contributed by atoms with van der Waals surface area (Å²) in [6, 6.07) is 15.2. The van der Waals surface area contributed by atoms with Crippen LogP contribution in [0.4, 0.5) is 0 Å². The average Bonchev–Trinajstić information content (AvgIpc) is 2.77. The summed E-state index contributed by atoms with van der Waals surface area (Å²) in [5.74, 6) is -0.644. The molecule has 0 spiro atoms. The first kappa shape index (κ1) is 20.7. The van der Waals surface area contributed by atoms with Crippen molar-refractivity contribution in [3.63, 3.8) is 0 Å². The fraction of sp³-hybridized carbons (Fsp3) is 0.217. The molecule has 0 atom stereocenters. The largest absolute Gasteiger partial charge is 0.314 e. The second-order valence-corrected chi connectivity index (χ2v) is 6.90. The Balaban J connectivity index is 1.65. The molecule has 29 heavy (non-hydrogen) atoms. The molecule has 0 unspecified atom stereocenters. The maximum Gasteiger partial charge on any atom is 0.267 e. The summed E-state index contributed by atoms with van der Waals surface area (Å²) in [6.45, 7) is 4.88. The quantitative estimate of drug-likeness (QED) is 0.292. The van der Waals surface area contributed by atoms with Crippen LogP contribution in [-0.4, -0.2) is 48.0 Å². The molecule has 6 heteroatoms. The summed E-state index contributed by atoms with van der Waals surface area (Å²) in [5.41, 5.74) is 5.00. The standard InChI is InChI=1S/C23H25N3O3/c27-22(9-7-18-3-1-4-19(15-18)8-10-23(28)25-29)21-6-2-5-20(16-21)17-26-13-11-24-12-14-26/h1-10,15-16,24,29H,11-14,17H2,(H,25,28). The molecule has 6 nitrogen and oxygen atoms in total. The van der Waals surface area contributed by atoms with Gasteiger partial charge in [-0.3, -0.25) is 19.7 Å². The maximum absolute atomic E-state index is 12.6. The topological polar surface area (TPSA) is 81.7 Å². The first-order valence-electron chi connectivity index (χ1n) is 9.61. The van der Waals surface area contributed by atoms with Crippen molar-refractivity contribution in [3.05, 3.63) is 82.9 Å². The van der Waals surface area contributed by atoms with Crippen LogP contribution in [-0.2, 0) is 11.3 Å². The molecule has 0 bridgehead atoms. The molecule has 0 aliphatic carbocycles. The summed E-state index contributed by atoms with van der Waals surface area (Å²) >= 11 is 0. The number of benzene rings is 2. The molecule has 1 aliphatic rings. The van der Waals surface area contributed by atoms with Crippen LogP contribution in [0.2, 0.25) is 0 Å². The van der Waals surface area contributed by atoms with Gasteiger partial charge in [-0.25, -0.2) is 5.48 Å². The minimum absolute atomic E-state index is 0.0484. The number of nitrogens with one attached hydrogen (secondary N) is 2. The number of hydroxylamine groups is 1. The van der Waals surface area contributed by atoms with Gasteiger partial charge in [-0.05, 0) is 41.0 Å². The normalized spacial score (nSPS) is 15.1. The number of nitrogens with zero attached hydrogens (tertiary/aromatic N) is 1. The lowest BCUT2D eigenvalue weighted by atomic mass is 10.0. The van der Waals surface area contributed by atoms with Crippen molar-refractivity contribution in [3.8, 4) is 0 Å². The smallest absolute Gasteiger partial charge is 0.267 e. The summed E-state index contributed by atoms with van der Waals surface area (Å²) in [4.78, 5) is 26.1. The van der Waals surface area contributed by atoms with E-state index in [9.17, 15) is 9.59 Å². The van der Waals surface area contributed by atoms with Crippen LogP contribution in [0.3, 0.4) is 0 Å². The molecule has 1 aliphatic heterocycles. The first-order valence-corrected chi connectivity index (χ1v) is 9.61. The number of hydrogen-bond acceptors (Lipinski definition) is 5. The molecule has 3 N–H and O–H groups in total. The van der Waals surface area contributed by atoms with Gasteiger partial charge >= 0.3 is 0 Å². The Labute approximate surface area is 170 Å². The maximum atomic E-state index is 12.6. The molecular formula is C23H25N3O3. The third kappa shape index (κ3) is 6.50. The van der Waals surface area contributed by atoms with Crippen molar-refractivity contribution in [1.82, 2.24) is 15.7 Å². The van der Waals surface area contributed by atoms with Crippen LogP contribution in [0.5, 0.6) is 0 Å². The van der Waals surface area contributed by atoms with Gasteiger partial charge in [0, 0.05) is 44.4 Å². The fourth-order valence-corrected chi connectivity index (χ4v) is 3.19. The number of ketones is 1. The second-order valence-electron chi connectivity index (χ2n) is 6.90. The zero-order valence-electron chi connectivity index (χ0n) is 16.2. The van der Waals surface area contributed by atoms with E-state index in [2.05, 4.69) is 16.3 Å². The molecule has 1 heterocycles. The highest BCUT2D eigenvalue weighted by Gasteiger charge is 2.11. The monoisotopic (exact) mass is 391 g/mol. The number of carbonyl (C=O) groups excluding carboxylic acids is 2. The zero-order valence-corrected chi connectivity index (χ0v) is 16.2. The lowest BCUT2D eigenvalue weighted by Crippen LogP contribution is -2.42. The Morgan fingerprint density at radius 2 is 1.69 bits per heavy atom. The Morgan fingerprint density at radius 3 is 2.41 bits per heavy atom. The van der Waals surface area contributed by atoms with E-state index in [4.69, 9.17) is 5.21 Å². The molecule has 2 aromatic rings. The summed E-state index contributed by atoms with van der Waals surface area (Å²) < 4.78 is 0. The second kappa shape index (κ2) is 10.5. The molecule has 150 valence electrons. The van der Waals surface area contributed by atoms with E-state index < -0.39 is 5.91 Å². The summed E-state index contributed by atoms with van der Waals surface area (Å²) in [6.07, 6.45) is 6.14. The Morgan fingerprint density at radius 1 is 1.00 bits per heavy atom. The summed E-state index contributed by atoms with van der Waals surface area (Å²) in [5, 5.41) is 11.9. The fourth-order valence-electron chi connectivity index (χ4n) is 3.19. The van der Waals surface area contributed by atoms with E-state index in [1.807, 2.05) is 42.5 Å². The molecular weight excluding hydrogens is 366 g/mol. The predicted molar refractivity (Wildman–Crippen MR) is 113 cm³/mol. The minimum atomic E-state index is -0.596. The third-order valence-corrected chi connectivity index (χ3v) is 4.70. The predicted octanol–water partition coefficient (Wildman–Crippen LogP) is 2.51. The molecule has 1 saturated heterocycles.